The molecule has 0 atom stereocenters. The average Bonchev–Trinajstić information content (AvgIpc) is 2.84. The van der Waals surface area contributed by atoms with Crippen LogP contribution in [-0.4, -0.2) is 34.5 Å². The standard InChI is InChI=1S/C17H21NO4/c19-16(20)8-9-22-14-6-7-15-12(10-14)11-18(17(15)21)13-4-2-1-3-5-13/h6-7,10,13H,1-5,8-9,11H2,(H,19,20). The van der Waals surface area contributed by atoms with Gasteiger partial charge in [-0.15, -0.1) is 0 Å². The maximum Gasteiger partial charge on any atom is 0.306 e. The zero-order valence-corrected chi connectivity index (χ0v) is 12.6. The molecule has 0 spiro atoms. The third-order valence-electron chi connectivity index (χ3n) is 4.51. The second kappa shape index (κ2) is 6.38. The highest BCUT2D eigenvalue weighted by Gasteiger charge is 2.33. The van der Waals surface area contributed by atoms with E-state index in [1.165, 1.54) is 19.3 Å². The summed E-state index contributed by atoms with van der Waals surface area (Å²) in [5.41, 5.74) is 1.75. The van der Waals surface area contributed by atoms with E-state index < -0.39 is 5.97 Å². The number of hydrogen-bond acceptors (Lipinski definition) is 3. The molecule has 5 heteroatoms. The number of rotatable bonds is 5. The van der Waals surface area contributed by atoms with Crippen LogP contribution in [0.4, 0.5) is 0 Å². The fourth-order valence-corrected chi connectivity index (χ4v) is 3.35. The molecule has 1 N–H and O–H groups in total. The highest BCUT2D eigenvalue weighted by Crippen LogP contribution is 2.32. The van der Waals surface area contributed by atoms with Gasteiger partial charge in [-0.2, -0.15) is 0 Å². The first-order valence-corrected chi connectivity index (χ1v) is 7.93. The molecule has 1 saturated carbocycles. The van der Waals surface area contributed by atoms with Gasteiger partial charge in [0.25, 0.3) is 5.91 Å². The first-order valence-electron chi connectivity index (χ1n) is 7.93. The SMILES string of the molecule is O=C(O)CCOc1ccc2c(c1)CN(C1CCCCC1)C2=O. The monoisotopic (exact) mass is 303 g/mol. The summed E-state index contributed by atoms with van der Waals surface area (Å²) in [7, 11) is 0. The molecule has 2 aliphatic rings. The Morgan fingerprint density at radius 3 is 2.77 bits per heavy atom. The van der Waals surface area contributed by atoms with Gasteiger partial charge in [-0.1, -0.05) is 19.3 Å². The minimum Gasteiger partial charge on any atom is -0.493 e. The number of amides is 1. The normalized spacial score (nSPS) is 18.4. The summed E-state index contributed by atoms with van der Waals surface area (Å²) < 4.78 is 5.45. The lowest BCUT2D eigenvalue weighted by molar-refractivity contribution is -0.137. The van der Waals surface area contributed by atoms with Gasteiger partial charge in [-0.25, -0.2) is 0 Å². The number of carbonyl (C=O) groups excluding carboxylic acids is 1. The zero-order chi connectivity index (χ0) is 15.5. The highest BCUT2D eigenvalue weighted by atomic mass is 16.5. The fourth-order valence-electron chi connectivity index (χ4n) is 3.35. The van der Waals surface area contributed by atoms with Crippen molar-refractivity contribution >= 4 is 11.9 Å². The number of hydrogen-bond donors (Lipinski definition) is 1. The van der Waals surface area contributed by atoms with Crippen LogP contribution in [0.25, 0.3) is 0 Å². The number of carboxylic acids is 1. The fraction of sp³-hybridized carbons (Fsp3) is 0.529. The number of carbonyl (C=O) groups is 2. The molecule has 5 nitrogen and oxygen atoms in total. The van der Waals surface area contributed by atoms with Gasteiger partial charge in [-0.05, 0) is 36.6 Å². The Labute approximate surface area is 129 Å². The van der Waals surface area contributed by atoms with Gasteiger partial charge in [0.15, 0.2) is 0 Å². The van der Waals surface area contributed by atoms with Crippen molar-refractivity contribution in [2.24, 2.45) is 0 Å². The van der Waals surface area contributed by atoms with Crippen LogP contribution in [0, 0.1) is 0 Å². The minimum atomic E-state index is -0.875. The lowest BCUT2D eigenvalue weighted by atomic mass is 9.94. The van der Waals surface area contributed by atoms with Crippen molar-refractivity contribution in [1.82, 2.24) is 4.90 Å². The molecule has 1 heterocycles. The van der Waals surface area contributed by atoms with Crippen LogP contribution in [-0.2, 0) is 11.3 Å². The molecule has 0 saturated heterocycles. The second-order valence-corrected chi connectivity index (χ2v) is 6.04. The van der Waals surface area contributed by atoms with Crippen LogP contribution >= 0.6 is 0 Å². The molecule has 1 fully saturated rings. The van der Waals surface area contributed by atoms with E-state index in [0.29, 0.717) is 18.3 Å². The summed E-state index contributed by atoms with van der Waals surface area (Å²) in [6.45, 7) is 0.795. The highest BCUT2D eigenvalue weighted by molar-refractivity contribution is 5.98. The Bertz CT molecular complexity index is 578. The van der Waals surface area contributed by atoms with E-state index in [-0.39, 0.29) is 18.9 Å². The van der Waals surface area contributed by atoms with Gasteiger partial charge in [0, 0.05) is 18.2 Å². The molecule has 0 aromatic heterocycles. The molecule has 1 amide bonds. The summed E-state index contributed by atoms with van der Waals surface area (Å²) in [6.07, 6.45) is 5.85. The van der Waals surface area contributed by atoms with Crippen molar-refractivity contribution in [1.29, 1.82) is 0 Å². The van der Waals surface area contributed by atoms with E-state index in [2.05, 4.69) is 0 Å². The van der Waals surface area contributed by atoms with Crippen LogP contribution in [0.3, 0.4) is 0 Å². The number of aliphatic carboxylic acids is 1. The predicted octanol–water partition coefficient (Wildman–Crippen LogP) is 2.83. The van der Waals surface area contributed by atoms with Gasteiger partial charge in [0.2, 0.25) is 0 Å². The summed E-state index contributed by atoms with van der Waals surface area (Å²) in [4.78, 5) is 25.0. The topological polar surface area (TPSA) is 66.8 Å². The summed E-state index contributed by atoms with van der Waals surface area (Å²) in [5.74, 6) is -0.114. The third kappa shape index (κ3) is 3.08. The number of ether oxygens (including phenoxy) is 1. The molecule has 0 radical (unpaired) electrons. The molecular weight excluding hydrogens is 282 g/mol. The van der Waals surface area contributed by atoms with Crippen molar-refractivity contribution in [3.8, 4) is 5.75 Å². The third-order valence-corrected chi connectivity index (χ3v) is 4.51. The lowest BCUT2D eigenvalue weighted by Crippen LogP contribution is -2.36. The Balaban J connectivity index is 1.67. The van der Waals surface area contributed by atoms with Crippen LogP contribution < -0.4 is 4.74 Å². The average molecular weight is 303 g/mol. The number of carboxylic acid groups (broad SMARTS) is 1. The van der Waals surface area contributed by atoms with Gasteiger partial charge >= 0.3 is 5.97 Å². The van der Waals surface area contributed by atoms with Crippen LogP contribution in [0.5, 0.6) is 5.75 Å². The molecule has 1 aliphatic carbocycles. The zero-order valence-electron chi connectivity index (χ0n) is 12.6. The Hall–Kier alpha value is -2.04. The number of fused-ring (bicyclic) bond motifs is 1. The van der Waals surface area contributed by atoms with Gasteiger partial charge in [-0.3, -0.25) is 9.59 Å². The smallest absolute Gasteiger partial charge is 0.306 e. The van der Waals surface area contributed by atoms with E-state index in [9.17, 15) is 9.59 Å². The molecule has 1 aromatic rings. The van der Waals surface area contributed by atoms with Crippen molar-refractivity contribution in [3.63, 3.8) is 0 Å². The number of nitrogens with zero attached hydrogens (tertiary/aromatic N) is 1. The Kier molecular flexibility index (Phi) is 4.32. The molecule has 0 bridgehead atoms. The van der Waals surface area contributed by atoms with Crippen molar-refractivity contribution in [2.75, 3.05) is 6.61 Å². The van der Waals surface area contributed by atoms with Crippen LogP contribution in [0.2, 0.25) is 0 Å². The van der Waals surface area contributed by atoms with E-state index in [4.69, 9.17) is 9.84 Å². The minimum absolute atomic E-state index is 0.0236. The van der Waals surface area contributed by atoms with E-state index in [0.717, 1.165) is 24.0 Å². The maximum absolute atomic E-state index is 12.5. The molecule has 3 rings (SSSR count). The quantitative estimate of drug-likeness (QED) is 0.908. The Morgan fingerprint density at radius 2 is 2.05 bits per heavy atom. The molecular formula is C17H21NO4. The molecule has 118 valence electrons. The first-order chi connectivity index (χ1) is 10.6. The van der Waals surface area contributed by atoms with Gasteiger partial charge in [0.1, 0.15) is 5.75 Å². The summed E-state index contributed by atoms with van der Waals surface area (Å²) in [5, 5.41) is 8.63. The molecule has 22 heavy (non-hydrogen) atoms. The van der Waals surface area contributed by atoms with E-state index in [1.807, 2.05) is 11.0 Å². The molecule has 1 aliphatic heterocycles. The molecule has 1 aromatic carbocycles. The lowest BCUT2D eigenvalue weighted by Gasteiger charge is -2.30. The van der Waals surface area contributed by atoms with Gasteiger partial charge < -0.3 is 14.7 Å². The number of benzene rings is 1. The van der Waals surface area contributed by atoms with E-state index >= 15 is 0 Å². The first kappa shape index (κ1) is 14.9. The van der Waals surface area contributed by atoms with Crippen molar-refractivity contribution in [3.05, 3.63) is 29.3 Å². The second-order valence-electron chi connectivity index (χ2n) is 6.04. The molecule has 0 unspecified atom stereocenters. The maximum atomic E-state index is 12.5. The van der Waals surface area contributed by atoms with Gasteiger partial charge in [0.05, 0.1) is 13.0 Å². The largest absolute Gasteiger partial charge is 0.493 e. The summed E-state index contributed by atoms with van der Waals surface area (Å²) >= 11 is 0. The van der Waals surface area contributed by atoms with Crippen molar-refractivity contribution in [2.45, 2.75) is 51.1 Å². The van der Waals surface area contributed by atoms with Crippen LogP contribution in [0.15, 0.2) is 18.2 Å². The summed E-state index contributed by atoms with van der Waals surface area (Å²) in [6, 6.07) is 5.79. The predicted molar refractivity (Wildman–Crippen MR) is 80.9 cm³/mol. The Morgan fingerprint density at radius 1 is 1.27 bits per heavy atom. The van der Waals surface area contributed by atoms with Crippen LogP contribution in [0.1, 0.15) is 54.4 Å². The van der Waals surface area contributed by atoms with E-state index in [1.54, 1.807) is 12.1 Å². The van der Waals surface area contributed by atoms with Crippen molar-refractivity contribution < 1.29 is 19.4 Å².